The van der Waals surface area contributed by atoms with Crippen LogP contribution in [0.25, 0.3) is 120 Å². The van der Waals surface area contributed by atoms with E-state index >= 15 is 0 Å². The second-order valence-electron chi connectivity index (χ2n) is 19.0. The summed E-state index contributed by atoms with van der Waals surface area (Å²) < 4.78 is 14.4. The van der Waals surface area contributed by atoms with E-state index in [1.807, 2.05) is 6.20 Å². The average Bonchev–Trinajstić information content (AvgIpc) is 4.11. The molecule has 0 aliphatic carbocycles. The molecular weight excluding hydrogens is 879 g/mol. The van der Waals surface area contributed by atoms with E-state index in [2.05, 4.69) is 249 Å². The standard InChI is InChI=1S/C66H41N5O/c1-2-16-41(17-3-1)45-25-11-26-52-48-22-6-4-20-46(48)47-21-5-7-23-49(47)53-29-13-33-59-64(53)69(62(45)52)40-68(59)42-18-10-19-43(38-42)72-44-35-36-51-55-30-14-34-60-65(55)71(61(51)39-44)66-57(31-15-37-67-66)56-28-12-27-54-50-24-8-9-32-58(50)70(60)63(54)56/h1-39H,40H2. The van der Waals surface area contributed by atoms with Crippen molar-refractivity contribution in [2.45, 2.75) is 6.67 Å². The summed E-state index contributed by atoms with van der Waals surface area (Å²) in [5.74, 6) is 1.51. The van der Waals surface area contributed by atoms with Crippen molar-refractivity contribution in [3.8, 4) is 22.6 Å². The van der Waals surface area contributed by atoms with E-state index in [9.17, 15) is 0 Å². The van der Waals surface area contributed by atoms with E-state index in [0.717, 1.165) is 66.6 Å². The van der Waals surface area contributed by atoms with Crippen molar-refractivity contribution in [1.29, 1.82) is 0 Å². The number of para-hydroxylation sites is 5. The summed E-state index contributed by atoms with van der Waals surface area (Å²) in [7, 11) is 0. The highest BCUT2D eigenvalue weighted by atomic mass is 16.5. The normalized spacial score (nSPS) is 12.6. The van der Waals surface area contributed by atoms with E-state index in [-0.39, 0.29) is 0 Å². The number of aromatic nitrogens is 4. The SMILES string of the molecule is c1ccc(-c2cccc3c4ccccc4c4ccccc4c4cccc5c4n(c23)CN5c2cccc(Oc3ccc4c5cccc6c5n(c4c3)c3ncccc3c3cccc4c5ccccc5n6c43)c2)cc1. The van der Waals surface area contributed by atoms with E-state index in [1.165, 1.54) is 76.3 Å². The highest BCUT2D eigenvalue weighted by Gasteiger charge is 2.26. The molecule has 0 saturated carbocycles. The Hall–Kier alpha value is -9.65. The van der Waals surface area contributed by atoms with Gasteiger partial charge in [0, 0.05) is 72.7 Å². The molecule has 0 radical (unpaired) electrons. The molecule has 336 valence electrons. The first-order valence-corrected chi connectivity index (χ1v) is 24.6. The van der Waals surface area contributed by atoms with Gasteiger partial charge in [0.2, 0.25) is 0 Å². The lowest BCUT2D eigenvalue weighted by molar-refractivity contribution is 0.483. The van der Waals surface area contributed by atoms with Gasteiger partial charge < -0.3 is 18.6 Å². The molecular formula is C66H41N5O. The Labute approximate surface area is 412 Å². The minimum atomic E-state index is 0.601. The number of benzene rings is 10. The van der Waals surface area contributed by atoms with Crippen LogP contribution in [-0.4, -0.2) is 18.4 Å². The number of hydrogen-bond donors (Lipinski definition) is 0. The molecule has 0 spiro atoms. The Kier molecular flexibility index (Phi) is 8.13. The number of nitrogens with zero attached hydrogens (tertiary/aromatic N) is 5. The molecule has 6 heterocycles. The average molecular weight is 920 g/mol. The van der Waals surface area contributed by atoms with Gasteiger partial charge in [-0.15, -0.1) is 0 Å². The van der Waals surface area contributed by atoms with Gasteiger partial charge in [-0.25, -0.2) is 4.98 Å². The van der Waals surface area contributed by atoms with Crippen molar-refractivity contribution < 1.29 is 4.74 Å². The van der Waals surface area contributed by atoms with Gasteiger partial charge in [-0.2, -0.15) is 0 Å². The second-order valence-corrected chi connectivity index (χ2v) is 19.0. The van der Waals surface area contributed by atoms with Crippen molar-refractivity contribution in [2.24, 2.45) is 0 Å². The minimum Gasteiger partial charge on any atom is -0.457 e. The highest BCUT2D eigenvalue weighted by Crippen LogP contribution is 2.46. The molecule has 15 aromatic rings. The van der Waals surface area contributed by atoms with Gasteiger partial charge in [0.05, 0.1) is 44.3 Å². The molecule has 6 nitrogen and oxygen atoms in total. The Balaban J connectivity index is 0.899. The fraction of sp³-hybridized carbons (Fsp3) is 0.0152. The fourth-order valence-corrected chi connectivity index (χ4v) is 12.4. The van der Waals surface area contributed by atoms with Gasteiger partial charge in [-0.1, -0.05) is 164 Å². The number of rotatable bonds is 4. The predicted octanol–water partition coefficient (Wildman–Crippen LogP) is 17.5. The summed E-state index contributed by atoms with van der Waals surface area (Å²) in [6, 6.07) is 83.6. The molecule has 5 aromatic heterocycles. The van der Waals surface area contributed by atoms with Crippen LogP contribution >= 0.6 is 0 Å². The van der Waals surface area contributed by atoms with Crippen molar-refractivity contribution in [2.75, 3.05) is 4.90 Å². The van der Waals surface area contributed by atoms with E-state index in [4.69, 9.17) is 9.72 Å². The topological polar surface area (TPSA) is 39.1 Å². The number of fused-ring (bicyclic) bond motifs is 17. The van der Waals surface area contributed by atoms with Gasteiger partial charge in [-0.3, -0.25) is 4.40 Å². The molecule has 1 aliphatic heterocycles. The van der Waals surface area contributed by atoms with Crippen molar-refractivity contribution in [3.63, 3.8) is 0 Å². The zero-order chi connectivity index (χ0) is 47.0. The van der Waals surface area contributed by atoms with E-state index < -0.39 is 0 Å². The Morgan fingerprint density at radius 2 is 0.903 bits per heavy atom. The lowest BCUT2D eigenvalue weighted by Crippen LogP contribution is -2.14. The quantitative estimate of drug-likeness (QED) is 0.177. The molecule has 0 N–H and O–H groups in total. The third-order valence-electron chi connectivity index (χ3n) is 15.3. The monoisotopic (exact) mass is 919 g/mol. The molecule has 0 unspecified atom stereocenters. The van der Waals surface area contributed by atoms with Crippen molar-refractivity contribution in [3.05, 3.63) is 237 Å². The maximum atomic E-state index is 7.00. The molecule has 10 aromatic carbocycles. The first kappa shape index (κ1) is 39.2. The number of anilines is 2. The Morgan fingerprint density at radius 1 is 0.347 bits per heavy atom. The van der Waals surface area contributed by atoms with Gasteiger partial charge in [0.1, 0.15) is 23.8 Å². The van der Waals surface area contributed by atoms with Crippen LogP contribution in [0.5, 0.6) is 11.5 Å². The summed E-state index contributed by atoms with van der Waals surface area (Å²) in [6.07, 6.45) is 1.91. The van der Waals surface area contributed by atoms with Crippen molar-refractivity contribution >= 4 is 120 Å². The first-order chi connectivity index (χ1) is 35.7. The zero-order valence-corrected chi connectivity index (χ0v) is 38.9. The smallest absolute Gasteiger partial charge is 0.145 e. The summed E-state index contributed by atoms with van der Waals surface area (Å²) in [6.45, 7) is 0.601. The second kappa shape index (κ2) is 14.9. The molecule has 0 bridgehead atoms. The van der Waals surface area contributed by atoms with Crippen LogP contribution in [0.1, 0.15) is 0 Å². The molecule has 6 heteroatoms. The van der Waals surface area contributed by atoms with Crippen LogP contribution in [0.3, 0.4) is 0 Å². The third kappa shape index (κ3) is 5.46. The van der Waals surface area contributed by atoms with Gasteiger partial charge >= 0.3 is 0 Å². The summed E-state index contributed by atoms with van der Waals surface area (Å²) >= 11 is 0. The van der Waals surface area contributed by atoms with Crippen molar-refractivity contribution in [1.82, 2.24) is 18.4 Å². The summed E-state index contributed by atoms with van der Waals surface area (Å²) in [4.78, 5) is 7.61. The molecule has 16 rings (SSSR count). The molecule has 0 amide bonds. The lowest BCUT2D eigenvalue weighted by atomic mass is 9.98. The maximum absolute atomic E-state index is 7.00. The Morgan fingerprint density at radius 3 is 1.69 bits per heavy atom. The molecule has 0 fully saturated rings. The zero-order valence-electron chi connectivity index (χ0n) is 38.9. The van der Waals surface area contributed by atoms with Gasteiger partial charge in [0.25, 0.3) is 0 Å². The molecule has 72 heavy (non-hydrogen) atoms. The minimum absolute atomic E-state index is 0.601. The highest BCUT2D eigenvalue weighted by molar-refractivity contribution is 6.24. The largest absolute Gasteiger partial charge is 0.457 e. The summed E-state index contributed by atoms with van der Waals surface area (Å²) in [5.41, 5.74) is 13.5. The van der Waals surface area contributed by atoms with Crippen LogP contribution in [0, 0.1) is 0 Å². The maximum Gasteiger partial charge on any atom is 0.145 e. The first-order valence-electron chi connectivity index (χ1n) is 24.6. The Bertz CT molecular complexity index is 4890. The van der Waals surface area contributed by atoms with Crippen LogP contribution in [0.2, 0.25) is 0 Å². The third-order valence-corrected chi connectivity index (χ3v) is 15.3. The fourth-order valence-electron chi connectivity index (χ4n) is 12.4. The number of pyridine rings is 1. The van der Waals surface area contributed by atoms with E-state index in [1.54, 1.807) is 0 Å². The number of ether oxygens (including phenoxy) is 1. The van der Waals surface area contributed by atoms with Crippen LogP contribution in [-0.2, 0) is 6.67 Å². The molecule has 0 atom stereocenters. The van der Waals surface area contributed by atoms with Crippen LogP contribution in [0.15, 0.2) is 237 Å². The number of hydrogen-bond acceptors (Lipinski definition) is 3. The molecule has 0 saturated heterocycles. The van der Waals surface area contributed by atoms with Gasteiger partial charge in [-0.05, 0) is 81.7 Å². The predicted molar refractivity (Wildman–Crippen MR) is 300 cm³/mol. The lowest BCUT2D eigenvalue weighted by Gasteiger charge is -2.21. The molecule has 1 aliphatic rings. The van der Waals surface area contributed by atoms with Gasteiger partial charge in [0.15, 0.2) is 0 Å². The van der Waals surface area contributed by atoms with E-state index in [0.29, 0.717) is 6.67 Å². The van der Waals surface area contributed by atoms with Crippen LogP contribution in [0.4, 0.5) is 11.4 Å². The van der Waals surface area contributed by atoms with Crippen LogP contribution < -0.4 is 9.64 Å². The summed E-state index contributed by atoms with van der Waals surface area (Å²) in [5, 5.41) is 14.3.